The first-order valence-corrected chi connectivity index (χ1v) is 12.0. The first-order valence-electron chi connectivity index (χ1n) is 10.2. The Morgan fingerprint density at radius 3 is 2.43 bits per heavy atom. The van der Waals surface area contributed by atoms with Crippen molar-refractivity contribution in [1.82, 2.24) is 18.8 Å². The average Bonchev–Trinajstić information content (AvgIpc) is 3.17. The number of hydrogen-bond donors (Lipinski definition) is 0. The summed E-state index contributed by atoms with van der Waals surface area (Å²) in [4.78, 5) is 21.4. The molecule has 2 aliphatic heterocycles. The Bertz CT molecular complexity index is 1020. The fraction of sp³-hybridized carbons (Fsp3) is 0.500. The summed E-state index contributed by atoms with van der Waals surface area (Å²) in [6.45, 7) is 3.35. The van der Waals surface area contributed by atoms with Crippen LogP contribution in [-0.2, 0) is 17.1 Å². The largest absolute Gasteiger partial charge is 0.352 e. The van der Waals surface area contributed by atoms with E-state index in [1.807, 2.05) is 0 Å². The van der Waals surface area contributed by atoms with Gasteiger partial charge in [-0.05, 0) is 31.0 Å². The fourth-order valence-corrected chi connectivity index (χ4v) is 5.87. The van der Waals surface area contributed by atoms with Crippen LogP contribution in [0.2, 0.25) is 5.02 Å². The normalized spacial score (nSPS) is 18.6. The average molecular weight is 452 g/mol. The van der Waals surface area contributed by atoms with E-state index in [1.54, 1.807) is 41.0 Å². The second kappa shape index (κ2) is 8.56. The molecule has 2 fully saturated rings. The van der Waals surface area contributed by atoms with Crippen LogP contribution in [0.15, 0.2) is 35.5 Å². The molecule has 10 heteroatoms. The van der Waals surface area contributed by atoms with Crippen molar-refractivity contribution in [2.45, 2.75) is 24.2 Å². The van der Waals surface area contributed by atoms with Gasteiger partial charge in [-0.15, -0.1) is 0 Å². The van der Waals surface area contributed by atoms with Gasteiger partial charge in [0, 0.05) is 58.7 Å². The third kappa shape index (κ3) is 4.06. The second-order valence-corrected chi connectivity index (χ2v) is 10.1. The minimum Gasteiger partial charge on any atom is -0.352 e. The molecule has 0 radical (unpaired) electrons. The second-order valence-electron chi connectivity index (χ2n) is 7.72. The van der Waals surface area contributed by atoms with E-state index in [4.69, 9.17) is 11.6 Å². The first-order chi connectivity index (χ1) is 14.4. The van der Waals surface area contributed by atoms with Gasteiger partial charge in [0.2, 0.25) is 10.0 Å². The number of piperazine rings is 1. The number of rotatable bonds is 4. The fourth-order valence-electron chi connectivity index (χ4n) is 4.04. The summed E-state index contributed by atoms with van der Waals surface area (Å²) < 4.78 is 29.0. The van der Waals surface area contributed by atoms with E-state index in [2.05, 4.69) is 9.88 Å². The van der Waals surface area contributed by atoms with Crippen molar-refractivity contribution in [2.75, 3.05) is 44.2 Å². The van der Waals surface area contributed by atoms with Crippen molar-refractivity contribution in [1.29, 1.82) is 0 Å². The van der Waals surface area contributed by atoms with Crippen LogP contribution in [0.25, 0.3) is 0 Å². The summed E-state index contributed by atoms with van der Waals surface area (Å²) in [5, 5.41) is 0.590. The highest BCUT2D eigenvalue weighted by atomic mass is 35.5. The number of hydrogen-bond acceptors (Lipinski definition) is 5. The number of sulfonamides is 1. The molecule has 4 rings (SSSR count). The molecule has 1 amide bonds. The Labute approximate surface area is 182 Å². The van der Waals surface area contributed by atoms with E-state index in [1.165, 1.54) is 10.4 Å². The van der Waals surface area contributed by atoms with E-state index in [-0.39, 0.29) is 10.8 Å². The van der Waals surface area contributed by atoms with Crippen molar-refractivity contribution in [2.24, 2.45) is 7.05 Å². The van der Waals surface area contributed by atoms with Gasteiger partial charge in [-0.1, -0.05) is 18.0 Å². The molecule has 2 aromatic heterocycles. The topological polar surface area (TPSA) is 78.8 Å². The Balaban J connectivity index is 1.46. The summed E-state index contributed by atoms with van der Waals surface area (Å²) in [6.07, 6.45) is 6.05. The molecule has 0 spiro atoms. The molecule has 0 unspecified atom stereocenters. The predicted octanol–water partition coefficient (Wildman–Crippen LogP) is 2.21. The highest BCUT2D eigenvalue weighted by Gasteiger charge is 2.30. The van der Waals surface area contributed by atoms with Gasteiger partial charge < -0.3 is 14.4 Å². The minimum absolute atomic E-state index is 0.163. The zero-order valence-electron chi connectivity index (χ0n) is 17.0. The van der Waals surface area contributed by atoms with Crippen LogP contribution in [0.1, 0.15) is 29.8 Å². The lowest BCUT2D eigenvalue weighted by atomic mass is 10.2. The molecule has 30 heavy (non-hydrogen) atoms. The van der Waals surface area contributed by atoms with Gasteiger partial charge in [-0.25, -0.2) is 13.4 Å². The molecule has 0 bridgehead atoms. The van der Waals surface area contributed by atoms with Gasteiger partial charge in [0.25, 0.3) is 5.91 Å². The van der Waals surface area contributed by atoms with Gasteiger partial charge >= 0.3 is 0 Å². The molecule has 2 saturated heterocycles. The maximum absolute atomic E-state index is 13.1. The van der Waals surface area contributed by atoms with Crippen molar-refractivity contribution in [3.8, 4) is 0 Å². The molecule has 2 aliphatic rings. The molecule has 0 aromatic carbocycles. The van der Waals surface area contributed by atoms with E-state index in [0.717, 1.165) is 25.1 Å². The number of nitrogens with zero attached hydrogens (tertiary/aromatic N) is 5. The Hall–Kier alpha value is -2.10. The van der Waals surface area contributed by atoms with Crippen LogP contribution in [0.5, 0.6) is 0 Å². The Morgan fingerprint density at radius 2 is 1.77 bits per heavy atom. The summed E-state index contributed by atoms with van der Waals surface area (Å²) in [5.74, 6) is 0.560. The SMILES string of the molecule is Cn1cc(S(=O)(=O)N2CCCCC2)cc1C(=O)N1CCN(c2ncccc2Cl)CC1. The number of aromatic nitrogens is 2. The summed E-state index contributed by atoms with van der Waals surface area (Å²) in [6, 6.07) is 5.10. The number of piperidine rings is 1. The number of amides is 1. The molecular weight excluding hydrogens is 426 g/mol. The van der Waals surface area contributed by atoms with Crippen LogP contribution < -0.4 is 4.90 Å². The van der Waals surface area contributed by atoms with Crippen LogP contribution in [-0.4, -0.2) is 72.3 Å². The molecule has 0 aliphatic carbocycles. The molecule has 0 saturated carbocycles. The van der Waals surface area contributed by atoms with Gasteiger partial charge in [0.15, 0.2) is 0 Å². The molecule has 2 aromatic rings. The zero-order chi connectivity index (χ0) is 21.3. The number of carbonyl (C=O) groups is 1. The van der Waals surface area contributed by atoms with Gasteiger partial charge in [0.1, 0.15) is 16.4 Å². The van der Waals surface area contributed by atoms with Crippen molar-refractivity contribution in [3.63, 3.8) is 0 Å². The zero-order valence-corrected chi connectivity index (χ0v) is 18.6. The maximum Gasteiger partial charge on any atom is 0.270 e. The van der Waals surface area contributed by atoms with E-state index in [9.17, 15) is 13.2 Å². The number of aryl methyl sites for hydroxylation is 1. The lowest BCUT2D eigenvalue weighted by Crippen LogP contribution is -2.49. The number of halogens is 1. The Kier molecular flexibility index (Phi) is 6.04. The molecule has 0 N–H and O–H groups in total. The van der Waals surface area contributed by atoms with Crippen LogP contribution >= 0.6 is 11.6 Å². The maximum atomic E-state index is 13.1. The molecule has 8 nitrogen and oxygen atoms in total. The van der Waals surface area contributed by atoms with Gasteiger partial charge in [-0.3, -0.25) is 4.79 Å². The van der Waals surface area contributed by atoms with Gasteiger partial charge in [-0.2, -0.15) is 4.31 Å². The third-order valence-corrected chi connectivity index (χ3v) is 7.92. The number of pyridine rings is 1. The van der Waals surface area contributed by atoms with E-state index >= 15 is 0 Å². The molecule has 0 atom stereocenters. The van der Waals surface area contributed by atoms with Crippen molar-refractivity contribution in [3.05, 3.63) is 41.3 Å². The standard InChI is InChI=1S/C20H26ClN5O3S/c1-23-15-16(30(28,29)26-8-3-2-4-9-26)14-18(23)20(27)25-12-10-24(11-13-25)19-17(21)6-5-7-22-19/h5-7,14-15H,2-4,8-13H2,1H3. The highest BCUT2D eigenvalue weighted by molar-refractivity contribution is 7.89. The van der Waals surface area contributed by atoms with Gasteiger partial charge in [0.05, 0.1) is 5.02 Å². The lowest BCUT2D eigenvalue weighted by Gasteiger charge is -2.35. The van der Waals surface area contributed by atoms with Crippen molar-refractivity contribution >= 4 is 33.3 Å². The minimum atomic E-state index is -3.57. The van der Waals surface area contributed by atoms with Crippen LogP contribution in [0, 0.1) is 0 Å². The highest BCUT2D eigenvalue weighted by Crippen LogP contribution is 2.25. The van der Waals surface area contributed by atoms with Crippen LogP contribution in [0.3, 0.4) is 0 Å². The van der Waals surface area contributed by atoms with E-state index in [0.29, 0.717) is 50.0 Å². The van der Waals surface area contributed by atoms with Crippen LogP contribution in [0.4, 0.5) is 5.82 Å². The predicted molar refractivity (Wildman–Crippen MR) is 115 cm³/mol. The summed E-state index contributed by atoms with van der Waals surface area (Å²) in [7, 11) is -1.85. The molecule has 162 valence electrons. The summed E-state index contributed by atoms with van der Waals surface area (Å²) >= 11 is 6.23. The third-order valence-electron chi connectivity index (χ3n) is 5.76. The van der Waals surface area contributed by atoms with Crippen molar-refractivity contribution < 1.29 is 13.2 Å². The first kappa shape index (κ1) is 21.1. The summed E-state index contributed by atoms with van der Waals surface area (Å²) in [5.41, 5.74) is 0.384. The monoisotopic (exact) mass is 451 g/mol. The quantitative estimate of drug-likeness (QED) is 0.712. The Morgan fingerprint density at radius 1 is 1.07 bits per heavy atom. The van der Waals surface area contributed by atoms with E-state index < -0.39 is 10.0 Å². The smallest absolute Gasteiger partial charge is 0.270 e. The number of carbonyl (C=O) groups excluding carboxylic acids is 1. The molecule has 4 heterocycles. The number of anilines is 1. The molecular formula is C20H26ClN5O3S. The lowest BCUT2D eigenvalue weighted by molar-refractivity contribution is 0.0737.